The van der Waals surface area contributed by atoms with E-state index in [4.69, 9.17) is 5.73 Å². The first kappa shape index (κ1) is 9.33. The molecule has 0 saturated carbocycles. The van der Waals surface area contributed by atoms with Crippen molar-refractivity contribution in [1.82, 2.24) is 4.98 Å². The van der Waals surface area contributed by atoms with Gasteiger partial charge in [0.2, 0.25) is 0 Å². The molecule has 0 unspecified atom stereocenters. The van der Waals surface area contributed by atoms with Gasteiger partial charge in [-0.3, -0.25) is 14.8 Å². The molecule has 1 heterocycles. The van der Waals surface area contributed by atoms with E-state index >= 15 is 0 Å². The lowest BCUT2D eigenvalue weighted by atomic mass is 10.1. The van der Waals surface area contributed by atoms with Crippen LogP contribution in [0.5, 0.6) is 0 Å². The predicted molar refractivity (Wildman–Crippen MR) is 60.4 cm³/mol. The molecule has 1 aromatic carbocycles. The Morgan fingerprint density at radius 3 is 3.00 bits per heavy atom. The Morgan fingerprint density at radius 1 is 1.33 bits per heavy atom. The normalized spacial score (nSPS) is 10.9. The SMILES string of the molecule is Nc1c(N=CC=O)ccc2cccnc12. The second-order valence-electron chi connectivity index (χ2n) is 2.99. The third kappa shape index (κ3) is 1.69. The molecule has 0 radical (unpaired) electrons. The fourth-order valence-corrected chi connectivity index (χ4v) is 1.38. The number of pyridine rings is 1. The van der Waals surface area contributed by atoms with Crippen LogP contribution in [0.15, 0.2) is 35.5 Å². The Balaban J connectivity index is 2.64. The van der Waals surface area contributed by atoms with E-state index in [2.05, 4.69) is 9.98 Å². The first-order valence-corrected chi connectivity index (χ1v) is 4.44. The Labute approximate surface area is 86.5 Å². The maximum atomic E-state index is 10.1. The highest BCUT2D eigenvalue weighted by Gasteiger charge is 2.02. The zero-order valence-corrected chi connectivity index (χ0v) is 7.92. The molecule has 2 rings (SSSR count). The van der Waals surface area contributed by atoms with Gasteiger partial charge < -0.3 is 5.73 Å². The molecule has 0 aliphatic heterocycles. The van der Waals surface area contributed by atoms with Crippen LogP contribution >= 0.6 is 0 Å². The molecule has 4 heteroatoms. The highest BCUT2D eigenvalue weighted by Crippen LogP contribution is 2.28. The van der Waals surface area contributed by atoms with E-state index in [0.717, 1.165) is 5.39 Å². The number of anilines is 1. The summed E-state index contributed by atoms with van der Waals surface area (Å²) in [5, 5.41) is 0.958. The van der Waals surface area contributed by atoms with E-state index < -0.39 is 0 Å². The van der Waals surface area contributed by atoms with Crippen LogP contribution in [-0.4, -0.2) is 17.5 Å². The number of rotatable bonds is 2. The molecule has 0 atom stereocenters. The molecule has 0 amide bonds. The van der Waals surface area contributed by atoms with Crippen molar-refractivity contribution in [2.24, 2.45) is 4.99 Å². The van der Waals surface area contributed by atoms with Crippen molar-refractivity contribution < 1.29 is 4.79 Å². The summed E-state index contributed by atoms with van der Waals surface area (Å²) in [7, 11) is 0. The summed E-state index contributed by atoms with van der Waals surface area (Å²) < 4.78 is 0. The van der Waals surface area contributed by atoms with Crippen LogP contribution in [0.4, 0.5) is 11.4 Å². The lowest BCUT2D eigenvalue weighted by molar-refractivity contribution is -0.102. The number of nitrogens with two attached hydrogens (primary N) is 1. The molecule has 15 heavy (non-hydrogen) atoms. The third-order valence-corrected chi connectivity index (χ3v) is 2.07. The van der Waals surface area contributed by atoms with Gasteiger partial charge in [-0.05, 0) is 12.1 Å². The van der Waals surface area contributed by atoms with E-state index in [9.17, 15) is 4.79 Å². The fraction of sp³-hybridized carbons (Fsp3) is 0. The van der Waals surface area contributed by atoms with Crippen LogP contribution in [0, 0.1) is 0 Å². The van der Waals surface area contributed by atoms with E-state index in [1.54, 1.807) is 12.3 Å². The number of benzene rings is 1. The van der Waals surface area contributed by atoms with Crippen molar-refractivity contribution in [2.75, 3.05) is 5.73 Å². The number of carbonyl (C=O) groups excluding carboxylic acids is 1. The van der Waals surface area contributed by atoms with Crippen LogP contribution in [0.2, 0.25) is 0 Å². The fourth-order valence-electron chi connectivity index (χ4n) is 1.38. The number of fused-ring (bicyclic) bond motifs is 1. The molecular formula is C11H9N3O. The minimum atomic E-state index is 0.492. The molecule has 0 aliphatic rings. The quantitative estimate of drug-likeness (QED) is 0.455. The summed E-state index contributed by atoms with van der Waals surface area (Å²) in [5.74, 6) is 0. The lowest BCUT2D eigenvalue weighted by Crippen LogP contribution is -1.90. The zero-order chi connectivity index (χ0) is 10.7. The Morgan fingerprint density at radius 2 is 2.20 bits per heavy atom. The smallest absolute Gasteiger partial charge is 0.161 e. The Hall–Kier alpha value is -2.23. The summed E-state index contributed by atoms with van der Waals surface area (Å²) >= 11 is 0. The maximum absolute atomic E-state index is 10.1. The van der Waals surface area contributed by atoms with Crippen LogP contribution in [0.1, 0.15) is 0 Å². The summed E-state index contributed by atoms with van der Waals surface area (Å²) in [6.07, 6.45) is 3.45. The summed E-state index contributed by atoms with van der Waals surface area (Å²) in [6, 6.07) is 7.40. The van der Waals surface area contributed by atoms with E-state index in [0.29, 0.717) is 23.2 Å². The van der Waals surface area contributed by atoms with Gasteiger partial charge in [0.1, 0.15) is 0 Å². The van der Waals surface area contributed by atoms with Crippen LogP contribution in [0.3, 0.4) is 0 Å². The zero-order valence-electron chi connectivity index (χ0n) is 7.92. The first-order chi connectivity index (χ1) is 7.33. The summed E-state index contributed by atoms with van der Waals surface area (Å²) in [4.78, 5) is 18.2. The summed E-state index contributed by atoms with van der Waals surface area (Å²) in [6.45, 7) is 0. The van der Waals surface area contributed by atoms with Gasteiger partial charge in [0, 0.05) is 11.6 Å². The monoisotopic (exact) mass is 199 g/mol. The number of carbonyl (C=O) groups is 1. The Kier molecular flexibility index (Phi) is 2.41. The van der Waals surface area contributed by atoms with Gasteiger partial charge in [0.05, 0.1) is 23.1 Å². The van der Waals surface area contributed by atoms with E-state index in [1.165, 1.54) is 6.21 Å². The van der Waals surface area contributed by atoms with Crippen LogP contribution in [-0.2, 0) is 4.79 Å². The average molecular weight is 199 g/mol. The van der Waals surface area contributed by atoms with Gasteiger partial charge in [0.25, 0.3) is 0 Å². The van der Waals surface area contributed by atoms with Gasteiger partial charge in [-0.15, -0.1) is 0 Å². The third-order valence-electron chi connectivity index (χ3n) is 2.07. The largest absolute Gasteiger partial charge is 0.395 e. The molecule has 0 aliphatic carbocycles. The molecule has 74 valence electrons. The number of hydrogen-bond acceptors (Lipinski definition) is 4. The van der Waals surface area contributed by atoms with Crippen molar-refractivity contribution >= 4 is 34.8 Å². The molecule has 2 aromatic rings. The lowest BCUT2D eigenvalue weighted by Gasteiger charge is -2.03. The van der Waals surface area contributed by atoms with Crippen LogP contribution < -0.4 is 5.73 Å². The number of aliphatic imine (C=N–C) groups is 1. The summed E-state index contributed by atoms with van der Waals surface area (Å²) in [5.41, 5.74) is 7.63. The van der Waals surface area contributed by atoms with Gasteiger partial charge in [0.15, 0.2) is 6.29 Å². The van der Waals surface area contributed by atoms with Crippen molar-refractivity contribution in [2.45, 2.75) is 0 Å². The highest BCUT2D eigenvalue weighted by molar-refractivity contribution is 6.14. The number of aldehydes is 1. The van der Waals surface area contributed by atoms with Crippen molar-refractivity contribution in [3.8, 4) is 0 Å². The first-order valence-electron chi connectivity index (χ1n) is 4.44. The molecule has 4 nitrogen and oxygen atoms in total. The highest BCUT2D eigenvalue weighted by atomic mass is 16.1. The molecule has 2 N–H and O–H groups in total. The molecule has 0 bridgehead atoms. The predicted octanol–water partition coefficient (Wildman–Crippen LogP) is 1.72. The maximum Gasteiger partial charge on any atom is 0.161 e. The second kappa shape index (κ2) is 3.88. The minimum Gasteiger partial charge on any atom is -0.395 e. The average Bonchev–Trinajstić information content (AvgIpc) is 2.29. The second-order valence-corrected chi connectivity index (χ2v) is 2.99. The van der Waals surface area contributed by atoms with Gasteiger partial charge in [-0.2, -0.15) is 0 Å². The Bertz CT molecular complexity index is 534. The molecule has 0 fully saturated rings. The van der Waals surface area contributed by atoms with Gasteiger partial charge in [-0.1, -0.05) is 12.1 Å². The van der Waals surface area contributed by atoms with Gasteiger partial charge in [-0.25, -0.2) is 0 Å². The number of nitrogen functional groups attached to an aromatic ring is 1. The van der Waals surface area contributed by atoms with E-state index in [-0.39, 0.29) is 0 Å². The molecule has 1 aromatic heterocycles. The topological polar surface area (TPSA) is 68.3 Å². The van der Waals surface area contributed by atoms with Gasteiger partial charge >= 0.3 is 0 Å². The van der Waals surface area contributed by atoms with Crippen molar-refractivity contribution in [3.63, 3.8) is 0 Å². The molecule has 0 saturated heterocycles. The number of nitrogens with zero attached hydrogens (tertiary/aromatic N) is 2. The van der Waals surface area contributed by atoms with E-state index in [1.807, 2.05) is 18.2 Å². The number of aromatic nitrogens is 1. The van der Waals surface area contributed by atoms with Crippen LogP contribution in [0.25, 0.3) is 10.9 Å². The molecule has 0 spiro atoms. The minimum absolute atomic E-state index is 0.492. The van der Waals surface area contributed by atoms with Crippen molar-refractivity contribution in [3.05, 3.63) is 30.5 Å². The van der Waals surface area contributed by atoms with Crippen molar-refractivity contribution in [1.29, 1.82) is 0 Å². The number of hydrogen-bond donors (Lipinski definition) is 1. The molecular weight excluding hydrogens is 190 g/mol. The standard InChI is InChI=1S/C11H9N3O/c12-10-9(13-6-7-15)4-3-8-2-1-5-14-11(8)10/h1-7H,12H2.